The van der Waals surface area contributed by atoms with Gasteiger partial charge in [-0.2, -0.15) is 0 Å². The highest BCUT2D eigenvalue weighted by atomic mass is 35.5. The van der Waals surface area contributed by atoms with Crippen LogP contribution in [0.25, 0.3) is 16.6 Å². The minimum Gasteiger partial charge on any atom is -0.455 e. The number of anilines is 2. The van der Waals surface area contributed by atoms with Gasteiger partial charge in [-0.3, -0.25) is 39.5 Å². The molecule has 3 fully saturated rings. The van der Waals surface area contributed by atoms with Crippen molar-refractivity contribution in [3.05, 3.63) is 152 Å². The third-order valence-corrected chi connectivity index (χ3v) is 18.7. The number of nitro benzene ring substituents is 1. The Hall–Kier alpha value is -7.65. The number of benzene rings is 4. The molecule has 2 atom stereocenters. The van der Waals surface area contributed by atoms with Crippen LogP contribution in [0.3, 0.4) is 0 Å². The lowest BCUT2D eigenvalue weighted by atomic mass is 9.72. The van der Waals surface area contributed by atoms with Crippen molar-refractivity contribution in [1.82, 2.24) is 34.7 Å². The molecule has 6 heterocycles. The van der Waals surface area contributed by atoms with Crippen molar-refractivity contribution in [3.63, 3.8) is 0 Å². The largest absolute Gasteiger partial charge is 0.455 e. The van der Waals surface area contributed by atoms with Crippen LogP contribution in [0.1, 0.15) is 109 Å². The topological polar surface area (TPSA) is 233 Å². The third-order valence-electron chi connectivity index (χ3n) is 17.1. The molecule has 4 N–H and O–H groups in total. The van der Waals surface area contributed by atoms with Crippen LogP contribution in [0.4, 0.5) is 17.1 Å². The molecule has 3 saturated heterocycles. The van der Waals surface area contributed by atoms with Gasteiger partial charge in [-0.1, -0.05) is 55.3 Å². The average Bonchev–Trinajstić information content (AvgIpc) is 2.96. The number of likely N-dealkylation sites (tertiary alicyclic amines) is 1. The van der Waals surface area contributed by atoms with Crippen LogP contribution < -0.4 is 25.0 Å². The normalized spacial score (nSPS) is 19.7. The maximum atomic E-state index is 14.2. The number of ether oxygens (including phenoxy) is 1. The number of H-pyrrole nitrogens is 1. The van der Waals surface area contributed by atoms with Gasteiger partial charge in [-0.15, -0.1) is 0 Å². The first-order chi connectivity index (χ1) is 39.9. The molecule has 434 valence electrons. The number of imide groups is 1. The van der Waals surface area contributed by atoms with Crippen LogP contribution in [-0.2, 0) is 32.6 Å². The number of aromatic nitrogens is 2. The van der Waals surface area contributed by atoms with Crippen LogP contribution in [0, 0.1) is 21.4 Å². The second-order valence-electron chi connectivity index (χ2n) is 23.4. The van der Waals surface area contributed by atoms with Crippen molar-refractivity contribution < 1.29 is 37.3 Å². The summed E-state index contributed by atoms with van der Waals surface area (Å²) in [6.45, 7) is 11.9. The van der Waals surface area contributed by atoms with E-state index in [9.17, 15) is 37.7 Å². The highest BCUT2D eigenvalue weighted by molar-refractivity contribution is 7.90. The first-order valence-corrected chi connectivity index (χ1v) is 30.6. The zero-order valence-corrected chi connectivity index (χ0v) is 48.3. The Balaban J connectivity index is 0.712. The molecular formula is C62H69ClN10O9S. The molecule has 19 nitrogen and oxygen atoms in total. The van der Waals surface area contributed by atoms with Crippen LogP contribution in [0.5, 0.6) is 11.5 Å². The van der Waals surface area contributed by atoms with E-state index in [1.165, 1.54) is 35.0 Å². The molecular weight excluding hydrogens is 1100 g/mol. The zero-order valence-electron chi connectivity index (χ0n) is 46.8. The molecule has 5 aliphatic rings. The lowest BCUT2D eigenvalue weighted by Gasteiger charge is -2.39. The number of nitro groups is 1. The third kappa shape index (κ3) is 13.1. The lowest BCUT2D eigenvalue weighted by Crippen LogP contribution is -2.52. The fraction of sp³-hybridized carbons (Fsp3) is 0.403. The minimum atomic E-state index is -4.64. The van der Waals surface area contributed by atoms with Gasteiger partial charge in [0.2, 0.25) is 11.8 Å². The number of sulfonamides is 1. The fourth-order valence-corrected chi connectivity index (χ4v) is 13.6. The number of nitrogens with zero attached hydrogens (tertiary/aromatic N) is 6. The van der Waals surface area contributed by atoms with Gasteiger partial charge in [0.25, 0.3) is 27.5 Å². The van der Waals surface area contributed by atoms with Gasteiger partial charge in [0.1, 0.15) is 28.9 Å². The number of rotatable bonds is 19. The highest BCUT2D eigenvalue weighted by Crippen LogP contribution is 2.44. The van der Waals surface area contributed by atoms with Gasteiger partial charge in [-0.25, -0.2) is 18.1 Å². The molecule has 21 heteroatoms. The number of amides is 4. The summed E-state index contributed by atoms with van der Waals surface area (Å²) in [6, 6.07) is 25.5. The molecule has 83 heavy (non-hydrogen) atoms. The Bertz CT molecular complexity index is 3640. The van der Waals surface area contributed by atoms with Crippen LogP contribution in [0.15, 0.2) is 114 Å². The molecule has 4 amide bonds. The van der Waals surface area contributed by atoms with E-state index in [1.54, 1.807) is 41.4 Å². The molecule has 11 rings (SSSR count). The Morgan fingerprint density at radius 1 is 0.928 bits per heavy atom. The number of carbonyl (C=O) groups excluding carboxylic acids is 4. The van der Waals surface area contributed by atoms with E-state index in [4.69, 9.17) is 16.3 Å². The molecule has 6 aromatic rings. The smallest absolute Gasteiger partial charge is 0.293 e. The molecule has 2 unspecified atom stereocenters. The van der Waals surface area contributed by atoms with E-state index in [-0.39, 0.29) is 46.6 Å². The second kappa shape index (κ2) is 24.3. The number of allylic oxidation sites excluding steroid dienone is 1. The van der Waals surface area contributed by atoms with E-state index in [0.29, 0.717) is 49.6 Å². The number of halogens is 1. The van der Waals surface area contributed by atoms with Gasteiger partial charge in [0.15, 0.2) is 0 Å². The van der Waals surface area contributed by atoms with Crippen LogP contribution in [0.2, 0.25) is 5.02 Å². The zero-order chi connectivity index (χ0) is 58.0. The standard InChI is InChI=1S/C62H69ClN10O9S/c1-62(2)23-21-44(51(34-62)42-11-13-45(63)14-12-42)38-70-27-29-71(30-28-70)46-15-17-50(56(32-46)82-47-31-43-22-24-64-58(43)66-36-47)59(75)68-83(80,81)48-16-18-53(55(33-48)73(78)79)65-35-40-7-6-26-69(37-40)25-4-3-8-41-9-5-10-49-52(41)39-72(61(49)77)54-19-20-57(74)67-60(54)76/h5,9-18,22,24,31-33,36,40,54,65H,3-4,6-8,19-21,23,25-30,34-35,37-39H2,1-2H3,(H,64,66)(H,68,75)(H,67,74,76). The monoisotopic (exact) mass is 1160 g/mol. The van der Waals surface area contributed by atoms with Gasteiger partial charge in [-0.05, 0) is 159 Å². The Kier molecular flexibility index (Phi) is 16.7. The number of aryl methyl sites for hydroxylation is 1. The van der Waals surface area contributed by atoms with Crippen LogP contribution in [-0.4, -0.2) is 127 Å². The molecule has 2 aromatic heterocycles. The first-order valence-electron chi connectivity index (χ1n) is 28.7. The van der Waals surface area contributed by atoms with E-state index >= 15 is 0 Å². The quantitative estimate of drug-likeness (QED) is 0.0256. The lowest BCUT2D eigenvalue weighted by molar-refractivity contribution is -0.384. The van der Waals surface area contributed by atoms with Gasteiger partial charge >= 0.3 is 0 Å². The Morgan fingerprint density at radius 2 is 1.75 bits per heavy atom. The number of pyridine rings is 1. The van der Waals surface area contributed by atoms with Crippen LogP contribution >= 0.6 is 11.6 Å². The number of hydrogen-bond donors (Lipinski definition) is 4. The van der Waals surface area contributed by atoms with Crippen molar-refractivity contribution in [2.45, 2.75) is 95.5 Å². The molecule has 4 aromatic carbocycles. The Labute approximate surface area is 488 Å². The number of carbonyl (C=O) groups is 4. The van der Waals surface area contributed by atoms with Crippen molar-refractivity contribution >= 4 is 78.9 Å². The minimum absolute atomic E-state index is 0.0570. The van der Waals surface area contributed by atoms with Crippen molar-refractivity contribution in [1.29, 1.82) is 0 Å². The molecule has 0 bridgehead atoms. The maximum absolute atomic E-state index is 14.2. The second-order valence-corrected chi connectivity index (χ2v) is 25.5. The first kappa shape index (κ1) is 57.2. The maximum Gasteiger partial charge on any atom is 0.293 e. The summed E-state index contributed by atoms with van der Waals surface area (Å²) in [5, 5.41) is 19.6. The fourth-order valence-electron chi connectivity index (χ4n) is 12.5. The summed E-state index contributed by atoms with van der Waals surface area (Å²) in [6.07, 6.45) is 11.4. The summed E-state index contributed by atoms with van der Waals surface area (Å²) < 4.78 is 36.6. The number of fused-ring (bicyclic) bond motifs is 2. The molecule has 0 saturated carbocycles. The average molecular weight is 1170 g/mol. The summed E-state index contributed by atoms with van der Waals surface area (Å²) in [5.74, 6) is -1.28. The number of hydrogen-bond acceptors (Lipinski definition) is 14. The summed E-state index contributed by atoms with van der Waals surface area (Å²) >= 11 is 6.27. The number of aromatic amines is 1. The van der Waals surface area contributed by atoms with Gasteiger partial charge in [0, 0.05) is 98.8 Å². The highest BCUT2D eigenvalue weighted by Gasteiger charge is 2.40. The molecule has 0 radical (unpaired) electrons. The number of piperidine rings is 2. The predicted octanol–water partition coefficient (Wildman–Crippen LogP) is 9.73. The number of unbranched alkanes of at least 4 members (excludes halogenated alkanes) is 1. The number of piperazine rings is 1. The molecule has 1 aliphatic carbocycles. The summed E-state index contributed by atoms with van der Waals surface area (Å²) in [4.78, 5) is 79.5. The van der Waals surface area contributed by atoms with Crippen molar-refractivity contribution in [2.24, 2.45) is 11.3 Å². The van der Waals surface area contributed by atoms with E-state index in [0.717, 1.165) is 124 Å². The summed E-state index contributed by atoms with van der Waals surface area (Å²) in [5.41, 5.74) is 8.02. The SMILES string of the molecule is CC1(C)CCC(CN2CCN(c3ccc(C(=O)NS(=O)(=O)c4ccc(NCC5CCCN(CCCCc6cccc7c6CN(C6CCC(=O)NC6=O)C7=O)C5)c([N+](=O)[O-])c4)c(Oc4cnc5[nH]ccc5c4)c3)CC2)=C(c2ccc(Cl)cc2)C1. The number of nitrogens with one attached hydrogen (secondary N) is 4. The van der Waals surface area contributed by atoms with E-state index in [1.807, 2.05) is 30.3 Å². The summed E-state index contributed by atoms with van der Waals surface area (Å²) in [7, 11) is -4.64. The van der Waals surface area contributed by atoms with Crippen molar-refractivity contribution in [2.75, 3.05) is 69.1 Å². The van der Waals surface area contributed by atoms with Crippen molar-refractivity contribution in [3.8, 4) is 11.5 Å². The van der Waals surface area contributed by atoms with Gasteiger partial charge in [0.05, 0.1) is 21.6 Å². The molecule has 0 spiro atoms. The predicted molar refractivity (Wildman–Crippen MR) is 318 cm³/mol. The van der Waals surface area contributed by atoms with Gasteiger partial charge < -0.3 is 29.7 Å². The van der Waals surface area contributed by atoms with E-state index < -0.39 is 43.4 Å². The Morgan fingerprint density at radius 3 is 2.54 bits per heavy atom. The molecule has 4 aliphatic heterocycles. The van der Waals surface area contributed by atoms with E-state index in [2.05, 4.69) is 66.0 Å².